The van der Waals surface area contributed by atoms with Gasteiger partial charge in [0.05, 0.1) is 30.4 Å². The van der Waals surface area contributed by atoms with Crippen LogP contribution >= 0.6 is 0 Å². The summed E-state index contributed by atoms with van der Waals surface area (Å²) in [6.45, 7) is 5.64. The van der Waals surface area contributed by atoms with Crippen molar-refractivity contribution >= 4 is 9.84 Å². The fourth-order valence-electron chi connectivity index (χ4n) is 3.51. The molecule has 0 radical (unpaired) electrons. The van der Waals surface area contributed by atoms with Crippen molar-refractivity contribution in [1.82, 2.24) is 15.1 Å². The summed E-state index contributed by atoms with van der Waals surface area (Å²) in [7, 11) is -1.24. The molecule has 3 rings (SSSR count). The predicted octanol–water partition coefficient (Wildman–Crippen LogP) is 2.20. The second-order valence-corrected chi connectivity index (χ2v) is 9.15. The Kier molecular flexibility index (Phi) is 5.67. The molecule has 1 aromatic heterocycles. The van der Waals surface area contributed by atoms with E-state index in [0.717, 1.165) is 36.6 Å². The number of sulfone groups is 1. The Labute approximate surface area is 155 Å². The average molecular weight is 378 g/mol. The zero-order valence-electron chi connectivity index (χ0n) is 15.7. The summed E-state index contributed by atoms with van der Waals surface area (Å²) in [5.41, 5.74) is 4.48. The highest BCUT2D eigenvalue weighted by Gasteiger charge is 2.31. The largest absolute Gasteiger partial charge is 0.497 e. The molecule has 1 unspecified atom stereocenters. The summed E-state index contributed by atoms with van der Waals surface area (Å²) in [6.07, 6.45) is 1.60. The lowest BCUT2D eigenvalue weighted by Gasteiger charge is -2.12. The lowest BCUT2D eigenvalue weighted by molar-refractivity contribution is 0.414. The highest BCUT2D eigenvalue weighted by Crippen LogP contribution is 2.26. The Balaban J connectivity index is 1.56. The van der Waals surface area contributed by atoms with Gasteiger partial charge < -0.3 is 10.1 Å². The van der Waals surface area contributed by atoms with Gasteiger partial charge in [-0.05, 0) is 50.9 Å². The van der Waals surface area contributed by atoms with Crippen LogP contribution in [0.2, 0.25) is 0 Å². The Morgan fingerprint density at radius 3 is 2.62 bits per heavy atom. The molecule has 1 N–H and O–H groups in total. The fourth-order valence-corrected chi connectivity index (χ4v) is 5.21. The molecule has 7 heteroatoms. The van der Waals surface area contributed by atoms with Crippen LogP contribution in [0.4, 0.5) is 0 Å². The molecule has 1 aliphatic heterocycles. The third kappa shape index (κ3) is 4.27. The Morgan fingerprint density at radius 1 is 1.27 bits per heavy atom. The van der Waals surface area contributed by atoms with E-state index >= 15 is 0 Å². The number of methoxy groups -OCH3 is 1. The zero-order chi connectivity index (χ0) is 18.7. The van der Waals surface area contributed by atoms with E-state index in [2.05, 4.69) is 22.5 Å². The van der Waals surface area contributed by atoms with E-state index < -0.39 is 9.84 Å². The zero-order valence-corrected chi connectivity index (χ0v) is 16.5. The van der Waals surface area contributed by atoms with Gasteiger partial charge >= 0.3 is 0 Å². The minimum absolute atomic E-state index is 0.0215. The maximum atomic E-state index is 11.7. The van der Waals surface area contributed by atoms with Crippen LogP contribution in [0.1, 0.15) is 35.0 Å². The van der Waals surface area contributed by atoms with Crippen LogP contribution in [0.3, 0.4) is 0 Å². The number of hydrogen-bond acceptors (Lipinski definition) is 5. The van der Waals surface area contributed by atoms with Crippen molar-refractivity contribution in [2.45, 2.75) is 39.3 Å². The number of aryl methyl sites for hydroxylation is 1. The van der Waals surface area contributed by atoms with Gasteiger partial charge in [-0.2, -0.15) is 5.10 Å². The standard InChI is InChI=1S/C19H27N3O3S/c1-14-19(12-20-10-8-16-4-6-18(25-3)7-5-16)15(2)22(21-14)17-9-11-26(23,24)13-17/h4-7,17,20H,8-13H2,1-3H3. The van der Waals surface area contributed by atoms with E-state index in [9.17, 15) is 8.42 Å². The Morgan fingerprint density at radius 2 is 2.00 bits per heavy atom. The van der Waals surface area contributed by atoms with Gasteiger partial charge in [-0.15, -0.1) is 0 Å². The number of hydrogen-bond donors (Lipinski definition) is 1. The molecule has 1 aromatic carbocycles. The molecule has 0 spiro atoms. The third-order valence-electron chi connectivity index (χ3n) is 5.08. The number of nitrogens with zero attached hydrogens (tertiary/aromatic N) is 2. The number of aromatic nitrogens is 2. The number of nitrogens with one attached hydrogen (secondary N) is 1. The van der Waals surface area contributed by atoms with Gasteiger partial charge in [0, 0.05) is 17.8 Å². The molecule has 142 valence electrons. The van der Waals surface area contributed by atoms with Crippen LogP contribution in [-0.4, -0.2) is 43.4 Å². The first-order chi connectivity index (χ1) is 12.4. The van der Waals surface area contributed by atoms with E-state index in [1.165, 1.54) is 11.1 Å². The van der Waals surface area contributed by atoms with Crippen LogP contribution in [0.5, 0.6) is 5.75 Å². The first-order valence-corrected chi connectivity index (χ1v) is 10.8. The lowest BCUT2D eigenvalue weighted by Crippen LogP contribution is -2.18. The highest BCUT2D eigenvalue weighted by molar-refractivity contribution is 7.91. The molecule has 0 aliphatic carbocycles. The van der Waals surface area contributed by atoms with Gasteiger partial charge in [0.1, 0.15) is 5.75 Å². The number of rotatable bonds is 7. The van der Waals surface area contributed by atoms with Crippen LogP contribution in [0, 0.1) is 13.8 Å². The van der Waals surface area contributed by atoms with Crippen molar-refractivity contribution in [3.8, 4) is 5.75 Å². The molecule has 0 amide bonds. The summed E-state index contributed by atoms with van der Waals surface area (Å²) < 4.78 is 30.6. The summed E-state index contributed by atoms with van der Waals surface area (Å²) in [6, 6.07) is 8.09. The van der Waals surface area contributed by atoms with Gasteiger partial charge in [-0.25, -0.2) is 8.42 Å². The SMILES string of the molecule is COc1ccc(CCNCc2c(C)nn(C3CCS(=O)(=O)C3)c2C)cc1. The molecule has 2 heterocycles. The Hall–Kier alpha value is -1.86. The van der Waals surface area contributed by atoms with E-state index in [1.807, 2.05) is 30.7 Å². The van der Waals surface area contributed by atoms with Gasteiger partial charge in [-0.1, -0.05) is 12.1 Å². The fraction of sp³-hybridized carbons (Fsp3) is 0.526. The van der Waals surface area contributed by atoms with Crippen LogP contribution in [0.25, 0.3) is 0 Å². The van der Waals surface area contributed by atoms with Crippen molar-refractivity contribution in [1.29, 1.82) is 0 Å². The van der Waals surface area contributed by atoms with E-state index in [4.69, 9.17) is 4.74 Å². The summed E-state index contributed by atoms with van der Waals surface area (Å²) in [5, 5.41) is 8.09. The molecule has 26 heavy (non-hydrogen) atoms. The molecule has 1 atom stereocenters. The lowest BCUT2D eigenvalue weighted by atomic mass is 10.1. The van der Waals surface area contributed by atoms with Crippen LogP contribution < -0.4 is 10.1 Å². The van der Waals surface area contributed by atoms with Crippen LogP contribution in [-0.2, 0) is 22.8 Å². The van der Waals surface area contributed by atoms with E-state index in [-0.39, 0.29) is 17.5 Å². The summed E-state index contributed by atoms with van der Waals surface area (Å²) in [4.78, 5) is 0. The number of benzene rings is 1. The predicted molar refractivity (Wildman–Crippen MR) is 102 cm³/mol. The monoisotopic (exact) mass is 377 g/mol. The Bertz CT molecular complexity index is 857. The van der Waals surface area contributed by atoms with E-state index in [1.54, 1.807) is 7.11 Å². The average Bonchev–Trinajstić information content (AvgIpc) is 3.12. The highest BCUT2D eigenvalue weighted by atomic mass is 32.2. The quantitative estimate of drug-likeness (QED) is 0.749. The van der Waals surface area contributed by atoms with E-state index in [0.29, 0.717) is 6.42 Å². The molecule has 1 fully saturated rings. The van der Waals surface area contributed by atoms with Crippen molar-refractivity contribution in [3.63, 3.8) is 0 Å². The van der Waals surface area contributed by atoms with Crippen molar-refractivity contribution in [3.05, 3.63) is 46.8 Å². The van der Waals surface area contributed by atoms with Crippen molar-refractivity contribution in [2.75, 3.05) is 25.2 Å². The molecule has 0 bridgehead atoms. The van der Waals surface area contributed by atoms with Crippen molar-refractivity contribution < 1.29 is 13.2 Å². The molecule has 2 aromatic rings. The smallest absolute Gasteiger partial charge is 0.152 e. The first kappa shape index (κ1) is 18.9. The second-order valence-electron chi connectivity index (χ2n) is 6.93. The normalized spacial score (nSPS) is 19.0. The molecular weight excluding hydrogens is 350 g/mol. The maximum absolute atomic E-state index is 11.7. The minimum atomic E-state index is -2.91. The van der Waals surface area contributed by atoms with Crippen LogP contribution in [0.15, 0.2) is 24.3 Å². The summed E-state index contributed by atoms with van der Waals surface area (Å²) >= 11 is 0. The van der Waals surface area contributed by atoms with Gasteiger partial charge in [0.15, 0.2) is 9.84 Å². The van der Waals surface area contributed by atoms with Gasteiger partial charge in [-0.3, -0.25) is 4.68 Å². The van der Waals surface area contributed by atoms with Crippen molar-refractivity contribution in [2.24, 2.45) is 0 Å². The molecule has 0 saturated carbocycles. The molecular formula is C19H27N3O3S. The minimum Gasteiger partial charge on any atom is -0.497 e. The van der Waals surface area contributed by atoms with Gasteiger partial charge in [0.25, 0.3) is 0 Å². The number of ether oxygens (including phenoxy) is 1. The van der Waals surface area contributed by atoms with Gasteiger partial charge in [0.2, 0.25) is 0 Å². The molecule has 6 nitrogen and oxygen atoms in total. The third-order valence-corrected chi connectivity index (χ3v) is 6.83. The molecule has 1 aliphatic rings. The topological polar surface area (TPSA) is 73.2 Å². The first-order valence-electron chi connectivity index (χ1n) is 8.98. The molecule has 1 saturated heterocycles. The summed E-state index contributed by atoms with van der Waals surface area (Å²) in [5.74, 6) is 1.35. The second kappa shape index (κ2) is 7.80. The maximum Gasteiger partial charge on any atom is 0.152 e.